The number of para-hydroxylation sites is 1. The highest BCUT2D eigenvalue weighted by Crippen LogP contribution is 2.20. The minimum Gasteiger partial charge on any atom is -0.342 e. The summed E-state index contributed by atoms with van der Waals surface area (Å²) in [5, 5.41) is 7.43. The number of carbonyl (C=O) groups excluding carboxylic acids is 2. The van der Waals surface area contributed by atoms with Crippen molar-refractivity contribution in [3.63, 3.8) is 0 Å². The smallest absolute Gasteiger partial charge is 0.261 e. The number of halogens is 1. The fourth-order valence-corrected chi connectivity index (χ4v) is 2.24. The minimum atomic E-state index is -0.321. The van der Waals surface area contributed by atoms with Gasteiger partial charge in [0.1, 0.15) is 0 Å². The molecule has 4 nitrogen and oxygen atoms in total. The number of hydrogen-bond donors (Lipinski definition) is 2. The average Bonchev–Trinajstić information content (AvgIpc) is 2.93. The Morgan fingerprint density at radius 3 is 2.63 bits per heavy atom. The van der Waals surface area contributed by atoms with Crippen molar-refractivity contribution >= 4 is 40.4 Å². The molecule has 0 atom stereocenters. The first-order chi connectivity index (χ1) is 9.16. The van der Waals surface area contributed by atoms with Crippen LogP contribution in [0, 0.1) is 0 Å². The molecule has 2 aromatic rings. The van der Waals surface area contributed by atoms with E-state index in [0.29, 0.717) is 15.6 Å². The van der Waals surface area contributed by atoms with Crippen LogP contribution in [0.3, 0.4) is 0 Å². The normalized spacial score (nSPS) is 9.95. The van der Waals surface area contributed by atoms with Crippen LogP contribution in [0.2, 0.25) is 5.02 Å². The summed E-state index contributed by atoms with van der Waals surface area (Å²) in [5.41, 5.74) is 0.527. The Bertz CT molecular complexity index is 584. The predicted octanol–water partition coefficient (Wildman–Crippen LogP) is 2.77. The highest BCUT2D eigenvalue weighted by Gasteiger charge is 2.09. The summed E-state index contributed by atoms with van der Waals surface area (Å²) in [6.45, 7) is -0.0953. The summed E-state index contributed by atoms with van der Waals surface area (Å²) in [6, 6.07) is 10.4. The van der Waals surface area contributed by atoms with Crippen LogP contribution < -0.4 is 10.6 Å². The quantitative estimate of drug-likeness (QED) is 0.911. The number of anilines is 1. The highest BCUT2D eigenvalue weighted by atomic mass is 35.5. The molecule has 6 heteroatoms. The molecular weight excluding hydrogens is 284 g/mol. The van der Waals surface area contributed by atoms with Crippen LogP contribution in [-0.4, -0.2) is 18.4 Å². The SMILES string of the molecule is O=C(CNC(=O)c1cccs1)Nc1ccccc1Cl. The number of amides is 2. The van der Waals surface area contributed by atoms with E-state index in [2.05, 4.69) is 10.6 Å². The second kappa shape index (κ2) is 6.36. The second-order valence-corrected chi connectivity index (χ2v) is 5.04. The van der Waals surface area contributed by atoms with Gasteiger partial charge in [0.2, 0.25) is 5.91 Å². The van der Waals surface area contributed by atoms with Crippen LogP contribution in [0.4, 0.5) is 5.69 Å². The maximum atomic E-state index is 11.7. The number of thiophene rings is 1. The predicted molar refractivity (Wildman–Crippen MR) is 76.7 cm³/mol. The van der Waals surface area contributed by atoms with E-state index in [-0.39, 0.29) is 18.4 Å². The Kier molecular flexibility index (Phi) is 4.54. The fraction of sp³-hybridized carbons (Fsp3) is 0.0769. The summed E-state index contributed by atoms with van der Waals surface area (Å²) in [6.07, 6.45) is 0. The van der Waals surface area contributed by atoms with Crippen LogP contribution in [0.25, 0.3) is 0 Å². The Morgan fingerprint density at radius 1 is 1.16 bits per heavy atom. The first kappa shape index (κ1) is 13.6. The second-order valence-electron chi connectivity index (χ2n) is 3.69. The molecule has 0 fully saturated rings. The fourth-order valence-electron chi connectivity index (χ4n) is 1.41. The number of hydrogen-bond acceptors (Lipinski definition) is 3. The molecule has 2 amide bonds. The molecule has 0 bridgehead atoms. The van der Waals surface area contributed by atoms with Crippen molar-refractivity contribution in [3.05, 3.63) is 51.7 Å². The van der Waals surface area contributed by atoms with Gasteiger partial charge in [-0.2, -0.15) is 0 Å². The Labute approximate surface area is 119 Å². The zero-order valence-electron chi connectivity index (χ0n) is 9.85. The van der Waals surface area contributed by atoms with Gasteiger partial charge in [-0.3, -0.25) is 9.59 Å². The van der Waals surface area contributed by atoms with Crippen LogP contribution in [-0.2, 0) is 4.79 Å². The molecule has 1 aromatic carbocycles. The largest absolute Gasteiger partial charge is 0.342 e. The van der Waals surface area contributed by atoms with Gasteiger partial charge < -0.3 is 10.6 Å². The van der Waals surface area contributed by atoms with Gasteiger partial charge in [0.05, 0.1) is 22.1 Å². The molecule has 98 valence electrons. The van der Waals surface area contributed by atoms with Crippen molar-refractivity contribution in [1.82, 2.24) is 5.32 Å². The third-order valence-electron chi connectivity index (χ3n) is 2.30. The van der Waals surface area contributed by atoms with Crippen LogP contribution in [0.5, 0.6) is 0 Å². The summed E-state index contributed by atoms with van der Waals surface area (Å²) < 4.78 is 0. The lowest BCUT2D eigenvalue weighted by atomic mass is 10.3. The molecule has 0 aliphatic heterocycles. The van der Waals surface area contributed by atoms with Gasteiger partial charge in [0, 0.05) is 0 Å². The van der Waals surface area contributed by atoms with Crippen molar-refractivity contribution in [2.45, 2.75) is 0 Å². The third kappa shape index (κ3) is 3.81. The van der Waals surface area contributed by atoms with Crippen LogP contribution >= 0.6 is 22.9 Å². The monoisotopic (exact) mass is 294 g/mol. The van der Waals surface area contributed by atoms with Gasteiger partial charge in [-0.25, -0.2) is 0 Å². The minimum absolute atomic E-state index is 0.0953. The van der Waals surface area contributed by atoms with Crippen LogP contribution in [0.15, 0.2) is 41.8 Å². The van der Waals surface area contributed by atoms with E-state index in [1.807, 2.05) is 0 Å². The first-order valence-corrected chi connectivity index (χ1v) is 6.78. The van der Waals surface area contributed by atoms with E-state index in [0.717, 1.165) is 0 Å². The molecule has 19 heavy (non-hydrogen) atoms. The van der Waals surface area contributed by atoms with Crippen molar-refractivity contribution < 1.29 is 9.59 Å². The molecule has 2 N–H and O–H groups in total. The molecule has 2 rings (SSSR count). The Hall–Kier alpha value is -1.85. The van der Waals surface area contributed by atoms with Crippen molar-refractivity contribution in [2.24, 2.45) is 0 Å². The molecular formula is C13H11ClN2O2S. The third-order valence-corrected chi connectivity index (χ3v) is 3.50. The van der Waals surface area contributed by atoms with E-state index in [4.69, 9.17) is 11.6 Å². The summed E-state index contributed by atoms with van der Waals surface area (Å²) >= 11 is 7.24. The number of rotatable bonds is 4. The lowest BCUT2D eigenvalue weighted by Crippen LogP contribution is -2.32. The number of nitrogens with one attached hydrogen (secondary N) is 2. The molecule has 0 aliphatic rings. The Morgan fingerprint density at radius 2 is 1.95 bits per heavy atom. The molecule has 0 unspecified atom stereocenters. The first-order valence-electron chi connectivity index (χ1n) is 5.53. The summed E-state index contributed by atoms with van der Waals surface area (Å²) in [5.74, 6) is -0.581. The van der Waals surface area contributed by atoms with E-state index < -0.39 is 0 Å². The number of carbonyl (C=O) groups is 2. The van der Waals surface area contributed by atoms with E-state index in [1.54, 1.807) is 41.8 Å². The molecule has 1 heterocycles. The zero-order chi connectivity index (χ0) is 13.7. The molecule has 1 aromatic heterocycles. The summed E-state index contributed by atoms with van der Waals surface area (Å²) in [4.78, 5) is 23.9. The number of benzene rings is 1. The lowest BCUT2D eigenvalue weighted by molar-refractivity contribution is -0.115. The van der Waals surface area contributed by atoms with Gasteiger partial charge in [0.15, 0.2) is 0 Å². The van der Waals surface area contributed by atoms with Gasteiger partial charge in [0.25, 0.3) is 5.91 Å². The van der Waals surface area contributed by atoms with Crippen LogP contribution in [0.1, 0.15) is 9.67 Å². The molecule has 0 saturated carbocycles. The van der Waals surface area contributed by atoms with Crippen molar-refractivity contribution in [3.8, 4) is 0 Å². The van der Waals surface area contributed by atoms with Gasteiger partial charge in [-0.15, -0.1) is 11.3 Å². The van der Waals surface area contributed by atoms with E-state index in [1.165, 1.54) is 11.3 Å². The molecule has 0 radical (unpaired) electrons. The van der Waals surface area contributed by atoms with Gasteiger partial charge >= 0.3 is 0 Å². The standard InChI is InChI=1S/C13H11ClN2O2S/c14-9-4-1-2-5-10(9)16-12(17)8-15-13(18)11-6-3-7-19-11/h1-7H,8H2,(H,15,18)(H,16,17). The van der Waals surface area contributed by atoms with Crippen molar-refractivity contribution in [1.29, 1.82) is 0 Å². The zero-order valence-corrected chi connectivity index (χ0v) is 11.4. The highest BCUT2D eigenvalue weighted by molar-refractivity contribution is 7.12. The average molecular weight is 295 g/mol. The van der Waals surface area contributed by atoms with Gasteiger partial charge in [-0.05, 0) is 23.6 Å². The molecule has 0 spiro atoms. The van der Waals surface area contributed by atoms with Crippen molar-refractivity contribution in [2.75, 3.05) is 11.9 Å². The topological polar surface area (TPSA) is 58.2 Å². The summed E-state index contributed by atoms with van der Waals surface area (Å²) in [7, 11) is 0. The Balaban J connectivity index is 1.86. The van der Waals surface area contributed by atoms with E-state index >= 15 is 0 Å². The lowest BCUT2D eigenvalue weighted by Gasteiger charge is -2.07. The molecule has 0 aliphatic carbocycles. The maximum Gasteiger partial charge on any atom is 0.261 e. The molecule has 0 saturated heterocycles. The maximum absolute atomic E-state index is 11.7. The van der Waals surface area contributed by atoms with E-state index in [9.17, 15) is 9.59 Å². The van der Waals surface area contributed by atoms with Gasteiger partial charge in [-0.1, -0.05) is 29.8 Å².